The van der Waals surface area contributed by atoms with E-state index in [9.17, 15) is 9.59 Å². The quantitative estimate of drug-likeness (QED) is 0.371. The van der Waals surface area contributed by atoms with E-state index in [-0.39, 0.29) is 11.9 Å². The molecule has 26 heavy (non-hydrogen) atoms. The summed E-state index contributed by atoms with van der Waals surface area (Å²) in [6, 6.07) is 5.54. The van der Waals surface area contributed by atoms with E-state index in [4.69, 9.17) is 9.47 Å². The van der Waals surface area contributed by atoms with Crippen molar-refractivity contribution in [2.45, 2.75) is 33.1 Å². The molecule has 0 radical (unpaired) electrons. The van der Waals surface area contributed by atoms with Crippen molar-refractivity contribution in [1.29, 1.82) is 0 Å². The topological polar surface area (TPSA) is 73.9 Å². The molecule has 0 unspecified atom stereocenters. The fraction of sp³-hybridized carbons (Fsp3) is 0.500. The smallest absolute Gasteiger partial charge is 0.305 e. The minimum Gasteiger partial charge on any atom is -0.493 e. The van der Waals surface area contributed by atoms with Crippen LogP contribution in [0.3, 0.4) is 0 Å². The van der Waals surface area contributed by atoms with Gasteiger partial charge in [0, 0.05) is 19.0 Å². The average molecular weight is 363 g/mol. The summed E-state index contributed by atoms with van der Waals surface area (Å²) in [5.41, 5.74) is 0.847. The Kier molecular flexibility index (Phi) is 9.90. The lowest BCUT2D eigenvalue weighted by Gasteiger charge is -2.12. The van der Waals surface area contributed by atoms with Crippen LogP contribution in [-0.4, -0.2) is 39.2 Å². The molecule has 1 N–H and O–H groups in total. The highest BCUT2D eigenvalue weighted by Gasteiger charge is 2.06. The Hall–Kier alpha value is -2.50. The summed E-state index contributed by atoms with van der Waals surface area (Å²) in [7, 11) is 2.96. The van der Waals surface area contributed by atoms with Crippen LogP contribution in [0.25, 0.3) is 6.08 Å². The first-order valence-corrected chi connectivity index (χ1v) is 8.79. The molecule has 1 rings (SSSR count). The van der Waals surface area contributed by atoms with Gasteiger partial charge in [-0.2, -0.15) is 0 Å². The van der Waals surface area contributed by atoms with Gasteiger partial charge in [-0.3, -0.25) is 9.59 Å². The normalized spacial score (nSPS) is 10.8. The van der Waals surface area contributed by atoms with E-state index in [1.54, 1.807) is 13.2 Å². The van der Waals surface area contributed by atoms with E-state index in [1.165, 1.54) is 13.2 Å². The lowest BCUT2D eigenvalue weighted by Crippen LogP contribution is -2.22. The maximum Gasteiger partial charge on any atom is 0.305 e. The van der Waals surface area contributed by atoms with Gasteiger partial charge in [0.25, 0.3) is 0 Å². The molecule has 0 aromatic heterocycles. The molecule has 6 heteroatoms. The largest absolute Gasteiger partial charge is 0.493 e. The van der Waals surface area contributed by atoms with Crippen LogP contribution in [0, 0.1) is 5.92 Å². The van der Waals surface area contributed by atoms with E-state index in [2.05, 4.69) is 23.9 Å². The van der Waals surface area contributed by atoms with Gasteiger partial charge >= 0.3 is 5.97 Å². The zero-order valence-corrected chi connectivity index (χ0v) is 16.0. The monoisotopic (exact) mass is 363 g/mol. The molecular formula is C20H29NO5. The van der Waals surface area contributed by atoms with Crippen molar-refractivity contribution in [3.63, 3.8) is 0 Å². The van der Waals surface area contributed by atoms with Crippen LogP contribution in [0.4, 0.5) is 0 Å². The zero-order valence-electron chi connectivity index (χ0n) is 16.0. The van der Waals surface area contributed by atoms with Crippen molar-refractivity contribution in [3.05, 3.63) is 29.8 Å². The van der Waals surface area contributed by atoms with Gasteiger partial charge < -0.3 is 19.5 Å². The Morgan fingerprint density at radius 2 is 1.92 bits per heavy atom. The van der Waals surface area contributed by atoms with Crippen LogP contribution < -0.4 is 14.8 Å². The molecule has 6 nitrogen and oxygen atoms in total. The second-order valence-electron chi connectivity index (χ2n) is 6.27. The number of unbranched alkanes of at least 4 members (excludes halogenated alkanes) is 1. The molecule has 0 heterocycles. The van der Waals surface area contributed by atoms with E-state index in [1.807, 2.05) is 18.2 Å². The van der Waals surface area contributed by atoms with Gasteiger partial charge in [0.1, 0.15) is 0 Å². The number of nitrogens with one attached hydrogen (secondary N) is 1. The number of methoxy groups -OCH3 is 2. The maximum atomic E-state index is 11.8. The molecule has 144 valence electrons. The predicted octanol–water partition coefficient (Wildman–Crippen LogP) is 3.20. The number of benzene rings is 1. The second-order valence-corrected chi connectivity index (χ2v) is 6.27. The van der Waals surface area contributed by atoms with Gasteiger partial charge in [-0.15, -0.1) is 0 Å². The highest BCUT2D eigenvalue weighted by molar-refractivity contribution is 5.91. The van der Waals surface area contributed by atoms with Gasteiger partial charge in [0.15, 0.2) is 11.5 Å². The molecule has 0 saturated heterocycles. The van der Waals surface area contributed by atoms with Crippen molar-refractivity contribution < 1.29 is 23.8 Å². The third-order valence-corrected chi connectivity index (χ3v) is 3.52. The maximum absolute atomic E-state index is 11.8. The Balaban J connectivity index is 2.46. The summed E-state index contributed by atoms with van der Waals surface area (Å²) in [6.45, 7) is 5.30. The molecule has 1 aromatic rings. The van der Waals surface area contributed by atoms with Crippen LogP contribution in [0.5, 0.6) is 11.5 Å². The van der Waals surface area contributed by atoms with Crippen LogP contribution >= 0.6 is 0 Å². The minimum absolute atomic E-state index is 0.179. The fourth-order valence-electron chi connectivity index (χ4n) is 2.10. The van der Waals surface area contributed by atoms with Gasteiger partial charge in [-0.25, -0.2) is 0 Å². The van der Waals surface area contributed by atoms with Gasteiger partial charge in [-0.1, -0.05) is 19.9 Å². The number of carbonyl (C=O) groups excluding carboxylic acids is 2. The number of rotatable bonds is 11. The third-order valence-electron chi connectivity index (χ3n) is 3.52. The van der Waals surface area contributed by atoms with Crippen molar-refractivity contribution in [2.24, 2.45) is 5.92 Å². The SMILES string of the molecule is COC(=O)CCCCNC(=O)/C=C/c1ccc(OCC(C)C)c(OC)c1. The van der Waals surface area contributed by atoms with Crippen LogP contribution in [0.15, 0.2) is 24.3 Å². The van der Waals surface area contributed by atoms with Gasteiger partial charge in [-0.05, 0) is 42.5 Å². The molecule has 0 aliphatic carbocycles. The standard InChI is InChI=1S/C20H29NO5/c1-15(2)14-26-17-10-8-16(13-18(17)24-3)9-11-19(22)21-12-6-5-7-20(23)25-4/h8-11,13,15H,5-7,12,14H2,1-4H3,(H,21,22)/b11-9+. The molecule has 1 amide bonds. The number of amides is 1. The average Bonchev–Trinajstić information content (AvgIpc) is 2.64. The Labute approximate surface area is 155 Å². The first-order chi connectivity index (χ1) is 12.5. The molecule has 0 aliphatic rings. The molecule has 0 atom stereocenters. The van der Waals surface area contributed by atoms with Crippen molar-refractivity contribution >= 4 is 18.0 Å². The first-order valence-electron chi connectivity index (χ1n) is 8.79. The Bertz CT molecular complexity index is 610. The summed E-state index contributed by atoms with van der Waals surface area (Å²) >= 11 is 0. The molecule has 0 bridgehead atoms. The minimum atomic E-state index is -0.231. The predicted molar refractivity (Wildman–Crippen MR) is 101 cm³/mol. The second kappa shape index (κ2) is 12.0. The molecule has 0 fully saturated rings. The van der Waals surface area contributed by atoms with Crippen molar-refractivity contribution in [3.8, 4) is 11.5 Å². The summed E-state index contributed by atoms with van der Waals surface area (Å²) in [6.07, 6.45) is 4.98. The van der Waals surface area contributed by atoms with E-state index in [0.717, 1.165) is 12.0 Å². The molecule has 0 aliphatic heterocycles. The summed E-state index contributed by atoms with van der Waals surface area (Å²) < 4.78 is 15.6. The summed E-state index contributed by atoms with van der Waals surface area (Å²) in [4.78, 5) is 22.8. The van der Waals surface area contributed by atoms with Crippen LogP contribution in [0.2, 0.25) is 0 Å². The van der Waals surface area contributed by atoms with Crippen molar-refractivity contribution in [1.82, 2.24) is 5.32 Å². The fourth-order valence-corrected chi connectivity index (χ4v) is 2.10. The first kappa shape index (κ1) is 21.5. The lowest BCUT2D eigenvalue weighted by atomic mass is 10.2. The van der Waals surface area contributed by atoms with E-state index < -0.39 is 0 Å². The highest BCUT2D eigenvalue weighted by atomic mass is 16.5. The van der Waals surface area contributed by atoms with Gasteiger partial charge in [0.2, 0.25) is 5.91 Å². The zero-order chi connectivity index (χ0) is 19.4. The lowest BCUT2D eigenvalue weighted by molar-refractivity contribution is -0.140. The number of ether oxygens (including phenoxy) is 3. The third kappa shape index (κ3) is 8.55. The van der Waals surface area contributed by atoms with Crippen molar-refractivity contribution in [2.75, 3.05) is 27.4 Å². The molecule has 0 saturated carbocycles. The molecule has 1 aromatic carbocycles. The Morgan fingerprint density at radius 3 is 2.58 bits per heavy atom. The number of esters is 1. The highest BCUT2D eigenvalue weighted by Crippen LogP contribution is 2.28. The van der Waals surface area contributed by atoms with Crippen LogP contribution in [-0.2, 0) is 14.3 Å². The van der Waals surface area contributed by atoms with Gasteiger partial charge in [0.05, 0.1) is 20.8 Å². The summed E-state index contributed by atoms with van der Waals surface area (Å²) in [5.74, 6) is 1.34. The Morgan fingerprint density at radius 1 is 1.15 bits per heavy atom. The number of carbonyl (C=O) groups is 2. The number of hydrogen-bond acceptors (Lipinski definition) is 5. The van der Waals surface area contributed by atoms with E-state index >= 15 is 0 Å². The molecule has 0 spiro atoms. The molecular weight excluding hydrogens is 334 g/mol. The summed E-state index contributed by atoms with van der Waals surface area (Å²) in [5, 5.41) is 2.78. The van der Waals surface area contributed by atoms with Crippen LogP contribution in [0.1, 0.15) is 38.7 Å². The van der Waals surface area contributed by atoms with E-state index in [0.29, 0.717) is 43.4 Å². The number of hydrogen-bond donors (Lipinski definition) is 1.